The zero-order chi connectivity index (χ0) is 18.1. The van der Waals surface area contributed by atoms with Crippen LogP contribution in [-0.2, 0) is 0 Å². The minimum absolute atomic E-state index is 0. The highest BCUT2D eigenvalue weighted by Gasteiger charge is 2.27. The van der Waals surface area contributed by atoms with E-state index in [4.69, 9.17) is 15.2 Å². The molecule has 2 aromatic rings. The van der Waals surface area contributed by atoms with Crippen molar-refractivity contribution in [3.8, 4) is 22.1 Å². The molecule has 2 N–H and O–H groups in total. The molecule has 0 aliphatic carbocycles. The van der Waals surface area contributed by atoms with E-state index in [0.29, 0.717) is 31.4 Å². The lowest BCUT2D eigenvalue weighted by Crippen LogP contribution is -2.45. The third kappa shape index (κ3) is 4.71. The van der Waals surface area contributed by atoms with Gasteiger partial charge in [0.25, 0.3) is 5.91 Å². The lowest BCUT2D eigenvalue weighted by Gasteiger charge is -2.34. The molecule has 1 fully saturated rings. The summed E-state index contributed by atoms with van der Waals surface area (Å²) in [6.07, 6.45) is 2.08. The Balaban J connectivity index is 0.00000140. The maximum absolute atomic E-state index is 12.8. The number of carbonyl (C=O) groups is 1. The number of halogens is 2. The first kappa shape index (κ1) is 22.7. The second kappa shape index (κ2) is 9.78. The first-order valence-corrected chi connectivity index (χ1v) is 9.90. The molecule has 2 atom stereocenters. The van der Waals surface area contributed by atoms with Crippen LogP contribution in [0.15, 0.2) is 23.6 Å². The van der Waals surface area contributed by atoms with E-state index < -0.39 is 0 Å². The normalized spacial score (nSPS) is 19.2. The van der Waals surface area contributed by atoms with Gasteiger partial charge in [-0.05, 0) is 43.9 Å². The maximum Gasteiger partial charge on any atom is 0.273 e. The number of carbonyl (C=O) groups excluding carboxylic acids is 1. The second-order valence-corrected chi connectivity index (χ2v) is 7.77. The molecule has 0 spiro atoms. The van der Waals surface area contributed by atoms with E-state index in [1.54, 1.807) is 0 Å². The minimum Gasteiger partial charge on any atom is -0.486 e. The molecule has 3 heterocycles. The highest BCUT2D eigenvalue weighted by Crippen LogP contribution is 2.35. The fourth-order valence-corrected chi connectivity index (χ4v) is 4.26. The molecular formula is C19H25Cl2N3O3S. The standard InChI is InChI=1S/C19H23N3O3S.2ClH/c1-12(20)14-3-2-6-22(10-14)19(23)15-11-26-18(21-15)13-4-5-16-17(9-13)25-8-7-24-16;;/h4-5,9,11-12,14H,2-3,6-8,10,20H2,1H3;2*1H. The number of piperidine rings is 1. The fraction of sp³-hybridized carbons (Fsp3) is 0.474. The average Bonchev–Trinajstić information content (AvgIpc) is 3.17. The van der Waals surface area contributed by atoms with Crippen molar-refractivity contribution < 1.29 is 14.3 Å². The highest BCUT2D eigenvalue weighted by atomic mass is 35.5. The zero-order valence-electron chi connectivity index (χ0n) is 15.6. The molecule has 0 radical (unpaired) electrons. The summed E-state index contributed by atoms with van der Waals surface area (Å²) in [5.74, 6) is 1.84. The van der Waals surface area contributed by atoms with E-state index in [1.807, 2.05) is 35.4 Å². The number of aromatic nitrogens is 1. The predicted molar refractivity (Wildman–Crippen MR) is 115 cm³/mol. The largest absolute Gasteiger partial charge is 0.486 e. The molecule has 2 aliphatic heterocycles. The lowest BCUT2D eigenvalue weighted by molar-refractivity contribution is 0.0656. The first-order chi connectivity index (χ1) is 12.6. The number of hydrogen-bond acceptors (Lipinski definition) is 6. The van der Waals surface area contributed by atoms with Crippen LogP contribution in [0.5, 0.6) is 11.5 Å². The summed E-state index contributed by atoms with van der Waals surface area (Å²) in [5, 5.41) is 2.65. The molecule has 2 aliphatic rings. The Bertz CT molecular complexity index is 815. The van der Waals surface area contributed by atoms with Gasteiger partial charge >= 0.3 is 0 Å². The fourth-order valence-electron chi connectivity index (χ4n) is 3.47. The number of hydrogen-bond donors (Lipinski definition) is 1. The van der Waals surface area contributed by atoms with E-state index in [9.17, 15) is 4.79 Å². The predicted octanol–water partition coefficient (Wildman–Crippen LogP) is 3.62. The van der Waals surface area contributed by atoms with Gasteiger partial charge in [0.1, 0.15) is 23.9 Å². The zero-order valence-corrected chi connectivity index (χ0v) is 18.1. The van der Waals surface area contributed by atoms with Crippen molar-refractivity contribution in [1.82, 2.24) is 9.88 Å². The van der Waals surface area contributed by atoms with Gasteiger partial charge in [0, 0.05) is 30.1 Å². The summed E-state index contributed by atoms with van der Waals surface area (Å²) in [6.45, 7) is 4.63. The molecule has 154 valence electrons. The van der Waals surface area contributed by atoms with Gasteiger partial charge in [0.2, 0.25) is 0 Å². The van der Waals surface area contributed by atoms with E-state index in [0.717, 1.165) is 41.5 Å². The monoisotopic (exact) mass is 445 g/mol. The van der Waals surface area contributed by atoms with Crippen molar-refractivity contribution in [3.63, 3.8) is 0 Å². The molecule has 0 bridgehead atoms. The van der Waals surface area contributed by atoms with E-state index in [-0.39, 0.29) is 36.8 Å². The molecule has 28 heavy (non-hydrogen) atoms. The van der Waals surface area contributed by atoms with E-state index >= 15 is 0 Å². The molecule has 1 amide bonds. The minimum atomic E-state index is -0.00427. The topological polar surface area (TPSA) is 77.7 Å². The van der Waals surface area contributed by atoms with Crippen molar-refractivity contribution in [1.29, 1.82) is 0 Å². The molecule has 0 saturated carbocycles. The Morgan fingerprint density at radius 2 is 2.04 bits per heavy atom. The summed E-state index contributed by atoms with van der Waals surface area (Å²) in [5.41, 5.74) is 7.47. The van der Waals surface area contributed by atoms with Crippen LogP contribution in [-0.4, -0.2) is 48.1 Å². The summed E-state index contributed by atoms with van der Waals surface area (Å²) >= 11 is 1.47. The van der Waals surface area contributed by atoms with Crippen molar-refractivity contribution >= 4 is 42.1 Å². The maximum atomic E-state index is 12.8. The Kier molecular flexibility index (Phi) is 7.95. The quantitative estimate of drug-likeness (QED) is 0.779. The van der Waals surface area contributed by atoms with Crippen molar-refractivity contribution in [2.75, 3.05) is 26.3 Å². The first-order valence-electron chi connectivity index (χ1n) is 9.02. The van der Waals surface area contributed by atoms with E-state index in [1.165, 1.54) is 11.3 Å². The summed E-state index contributed by atoms with van der Waals surface area (Å²) in [7, 11) is 0. The Labute approximate surface area is 181 Å². The number of likely N-dealkylation sites (tertiary alicyclic amines) is 1. The van der Waals surface area contributed by atoms with Crippen LogP contribution < -0.4 is 15.2 Å². The smallest absolute Gasteiger partial charge is 0.273 e. The molecule has 1 saturated heterocycles. The number of fused-ring (bicyclic) bond motifs is 1. The number of nitrogens with two attached hydrogens (primary N) is 1. The van der Waals surface area contributed by atoms with Gasteiger partial charge in [0.05, 0.1) is 0 Å². The number of amides is 1. The van der Waals surface area contributed by atoms with Crippen LogP contribution in [0, 0.1) is 5.92 Å². The second-order valence-electron chi connectivity index (χ2n) is 6.91. The highest BCUT2D eigenvalue weighted by molar-refractivity contribution is 7.13. The Morgan fingerprint density at radius 3 is 2.79 bits per heavy atom. The molecule has 2 unspecified atom stereocenters. The summed E-state index contributed by atoms with van der Waals surface area (Å²) in [6, 6.07) is 5.88. The van der Waals surface area contributed by atoms with Gasteiger partial charge in [-0.3, -0.25) is 4.79 Å². The molecule has 1 aromatic carbocycles. The third-order valence-corrected chi connectivity index (χ3v) is 5.89. The van der Waals surface area contributed by atoms with Crippen LogP contribution in [0.25, 0.3) is 10.6 Å². The lowest BCUT2D eigenvalue weighted by atomic mass is 9.92. The van der Waals surface area contributed by atoms with Crippen LogP contribution >= 0.6 is 36.2 Å². The number of rotatable bonds is 3. The van der Waals surface area contributed by atoms with Gasteiger partial charge in [-0.1, -0.05) is 0 Å². The molecule has 6 nitrogen and oxygen atoms in total. The number of nitrogens with zero attached hydrogens (tertiary/aromatic N) is 2. The van der Waals surface area contributed by atoms with Gasteiger partial charge in [-0.2, -0.15) is 0 Å². The van der Waals surface area contributed by atoms with Gasteiger partial charge in [0.15, 0.2) is 11.5 Å². The van der Waals surface area contributed by atoms with Crippen molar-refractivity contribution in [3.05, 3.63) is 29.3 Å². The van der Waals surface area contributed by atoms with E-state index in [2.05, 4.69) is 4.98 Å². The average molecular weight is 446 g/mol. The molecule has 9 heteroatoms. The van der Waals surface area contributed by atoms with Gasteiger partial charge in [-0.15, -0.1) is 36.2 Å². The number of ether oxygens (including phenoxy) is 2. The molecule has 4 rings (SSSR count). The number of thiazole rings is 1. The summed E-state index contributed by atoms with van der Waals surface area (Å²) in [4.78, 5) is 19.3. The summed E-state index contributed by atoms with van der Waals surface area (Å²) < 4.78 is 11.2. The number of benzene rings is 1. The van der Waals surface area contributed by atoms with Gasteiger partial charge in [-0.25, -0.2) is 4.98 Å². The van der Waals surface area contributed by atoms with Crippen molar-refractivity contribution in [2.45, 2.75) is 25.8 Å². The third-order valence-electron chi connectivity index (χ3n) is 5.00. The molecular weight excluding hydrogens is 421 g/mol. The Morgan fingerprint density at radius 1 is 1.29 bits per heavy atom. The molecule has 1 aromatic heterocycles. The van der Waals surface area contributed by atoms with Crippen LogP contribution in [0.4, 0.5) is 0 Å². The van der Waals surface area contributed by atoms with Crippen molar-refractivity contribution in [2.24, 2.45) is 11.7 Å². The van der Waals surface area contributed by atoms with Crippen LogP contribution in [0.1, 0.15) is 30.3 Å². The van der Waals surface area contributed by atoms with Crippen LogP contribution in [0.3, 0.4) is 0 Å². The van der Waals surface area contributed by atoms with Gasteiger partial charge < -0.3 is 20.1 Å². The SMILES string of the molecule is CC(N)C1CCCN(C(=O)c2csc(-c3ccc4c(c3)OCCO4)n2)C1.Cl.Cl. The Hall–Kier alpha value is -1.54. The van der Waals surface area contributed by atoms with Crippen LogP contribution in [0.2, 0.25) is 0 Å².